The molecule has 1 unspecified atom stereocenters. The highest BCUT2D eigenvalue weighted by Crippen LogP contribution is 2.08. The third-order valence-corrected chi connectivity index (χ3v) is 3.20. The molecule has 1 atom stereocenters. The Labute approximate surface area is 111 Å². The molecule has 0 spiro atoms. The lowest BCUT2D eigenvalue weighted by atomic mass is 10.0. The Balaban J connectivity index is 4.02. The minimum atomic E-state index is -0.770. The van der Waals surface area contributed by atoms with Crippen LogP contribution in [0.2, 0.25) is 0 Å². The summed E-state index contributed by atoms with van der Waals surface area (Å²) in [6.07, 6.45) is 0. The van der Waals surface area contributed by atoms with Gasteiger partial charge in [0.25, 0.3) is 0 Å². The number of carboxylic acids is 1. The zero-order valence-electron chi connectivity index (χ0n) is 12.7. The molecular weight excluding hydrogens is 230 g/mol. The van der Waals surface area contributed by atoms with Crippen molar-refractivity contribution < 1.29 is 9.90 Å². The highest BCUT2D eigenvalue weighted by atomic mass is 16.4. The number of hydrogen-bond acceptors (Lipinski definition) is 4. The van der Waals surface area contributed by atoms with Crippen LogP contribution in [0.4, 0.5) is 0 Å². The minimum Gasteiger partial charge on any atom is -0.480 e. The van der Waals surface area contributed by atoms with Gasteiger partial charge in [0.1, 0.15) is 0 Å². The molecular formula is C13H29N3O2. The van der Waals surface area contributed by atoms with Gasteiger partial charge in [-0.1, -0.05) is 13.8 Å². The first-order chi connectivity index (χ1) is 8.23. The van der Waals surface area contributed by atoms with Crippen molar-refractivity contribution in [2.24, 2.45) is 5.92 Å². The maximum Gasteiger partial charge on any atom is 0.317 e. The maximum absolute atomic E-state index is 10.5. The van der Waals surface area contributed by atoms with Gasteiger partial charge in [0.05, 0.1) is 6.54 Å². The maximum atomic E-state index is 10.5. The third kappa shape index (κ3) is 7.63. The van der Waals surface area contributed by atoms with Gasteiger partial charge in [0, 0.05) is 25.7 Å². The summed E-state index contributed by atoms with van der Waals surface area (Å²) in [7, 11) is 8.14. The van der Waals surface area contributed by atoms with E-state index < -0.39 is 5.97 Å². The smallest absolute Gasteiger partial charge is 0.317 e. The van der Waals surface area contributed by atoms with E-state index in [1.165, 1.54) is 0 Å². The number of carbonyl (C=O) groups is 1. The van der Waals surface area contributed by atoms with E-state index in [-0.39, 0.29) is 6.54 Å². The Morgan fingerprint density at radius 2 is 1.56 bits per heavy atom. The fourth-order valence-corrected chi connectivity index (χ4v) is 2.03. The Morgan fingerprint density at radius 3 is 1.94 bits per heavy atom. The normalized spacial score (nSPS) is 13.9. The summed E-state index contributed by atoms with van der Waals surface area (Å²) < 4.78 is 0. The van der Waals surface area contributed by atoms with Crippen LogP contribution >= 0.6 is 0 Å². The van der Waals surface area contributed by atoms with Gasteiger partial charge in [-0.15, -0.1) is 0 Å². The van der Waals surface area contributed by atoms with Crippen molar-refractivity contribution in [1.82, 2.24) is 14.7 Å². The summed E-state index contributed by atoms with van der Waals surface area (Å²) in [6.45, 7) is 7.24. The molecule has 0 rings (SSSR count). The first-order valence-corrected chi connectivity index (χ1v) is 6.49. The highest BCUT2D eigenvalue weighted by Gasteiger charge is 2.17. The number of aliphatic carboxylic acids is 1. The topological polar surface area (TPSA) is 47.0 Å². The lowest BCUT2D eigenvalue weighted by molar-refractivity contribution is -0.138. The number of nitrogens with zero attached hydrogens (tertiary/aromatic N) is 3. The Morgan fingerprint density at radius 1 is 1.06 bits per heavy atom. The van der Waals surface area contributed by atoms with Crippen molar-refractivity contribution in [3.8, 4) is 0 Å². The van der Waals surface area contributed by atoms with Gasteiger partial charge in [-0.25, -0.2) is 0 Å². The van der Waals surface area contributed by atoms with Gasteiger partial charge < -0.3 is 14.9 Å². The van der Waals surface area contributed by atoms with Crippen LogP contribution in [0.15, 0.2) is 0 Å². The molecule has 0 bridgehead atoms. The molecule has 18 heavy (non-hydrogen) atoms. The second-order valence-corrected chi connectivity index (χ2v) is 5.67. The monoisotopic (exact) mass is 259 g/mol. The molecule has 0 radical (unpaired) electrons. The molecule has 0 aromatic heterocycles. The SMILES string of the molecule is CC(C)C(CN(C)CCN(C)CC(=O)O)N(C)C. The summed E-state index contributed by atoms with van der Waals surface area (Å²) in [6, 6.07) is 0.528. The van der Waals surface area contributed by atoms with Gasteiger partial charge in [-0.3, -0.25) is 9.69 Å². The molecule has 0 saturated carbocycles. The van der Waals surface area contributed by atoms with Crippen molar-refractivity contribution in [1.29, 1.82) is 0 Å². The molecule has 0 amide bonds. The zero-order chi connectivity index (χ0) is 14.3. The largest absolute Gasteiger partial charge is 0.480 e. The Kier molecular flexibility index (Phi) is 8.15. The standard InChI is InChI=1S/C13H29N3O2/c1-11(2)12(14(3)4)9-15(5)7-8-16(6)10-13(17)18/h11-12H,7-10H2,1-6H3,(H,17,18). The molecule has 5 heteroatoms. The Hall–Kier alpha value is -0.650. The van der Waals surface area contributed by atoms with Crippen LogP contribution in [0.1, 0.15) is 13.8 Å². The van der Waals surface area contributed by atoms with Crippen molar-refractivity contribution in [2.45, 2.75) is 19.9 Å². The average molecular weight is 259 g/mol. The summed E-state index contributed by atoms with van der Waals surface area (Å²) in [4.78, 5) is 16.9. The minimum absolute atomic E-state index is 0.106. The molecule has 0 aliphatic heterocycles. The second kappa shape index (κ2) is 8.45. The van der Waals surface area contributed by atoms with Gasteiger partial charge in [-0.05, 0) is 34.1 Å². The van der Waals surface area contributed by atoms with Crippen molar-refractivity contribution in [3.05, 3.63) is 0 Å². The summed E-state index contributed by atoms with van der Waals surface area (Å²) >= 11 is 0. The molecule has 0 aromatic rings. The van der Waals surface area contributed by atoms with Gasteiger partial charge in [-0.2, -0.15) is 0 Å². The van der Waals surface area contributed by atoms with Crippen LogP contribution < -0.4 is 0 Å². The van der Waals surface area contributed by atoms with Crippen LogP contribution in [-0.2, 0) is 4.79 Å². The van der Waals surface area contributed by atoms with Crippen LogP contribution in [0.3, 0.4) is 0 Å². The van der Waals surface area contributed by atoms with Crippen molar-refractivity contribution in [3.63, 3.8) is 0 Å². The predicted molar refractivity (Wildman–Crippen MR) is 74.9 cm³/mol. The molecule has 0 saturated heterocycles. The number of likely N-dealkylation sites (N-methyl/N-ethyl adjacent to an activating group) is 3. The van der Waals surface area contributed by atoms with E-state index in [0.29, 0.717) is 12.0 Å². The van der Waals surface area contributed by atoms with E-state index >= 15 is 0 Å². The molecule has 5 nitrogen and oxygen atoms in total. The quantitative estimate of drug-likeness (QED) is 0.654. The number of rotatable bonds is 9. The zero-order valence-corrected chi connectivity index (χ0v) is 12.7. The van der Waals surface area contributed by atoms with E-state index in [1.807, 2.05) is 11.9 Å². The van der Waals surface area contributed by atoms with E-state index in [4.69, 9.17) is 5.11 Å². The lowest BCUT2D eigenvalue weighted by Crippen LogP contribution is -2.44. The molecule has 0 aliphatic carbocycles. The molecule has 1 N–H and O–H groups in total. The Bertz CT molecular complexity index is 236. The van der Waals surface area contributed by atoms with Gasteiger partial charge in [0.15, 0.2) is 0 Å². The third-order valence-electron chi connectivity index (χ3n) is 3.20. The number of carboxylic acid groups (broad SMARTS) is 1. The van der Waals surface area contributed by atoms with E-state index in [1.54, 1.807) is 0 Å². The van der Waals surface area contributed by atoms with E-state index in [9.17, 15) is 4.79 Å². The van der Waals surface area contributed by atoms with Gasteiger partial charge >= 0.3 is 5.97 Å². The van der Waals surface area contributed by atoms with Crippen LogP contribution in [-0.4, -0.2) is 86.2 Å². The molecule has 108 valence electrons. The first kappa shape index (κ1) is 17.4. The lowest BCUT2D eigenvalue weighted by Gasteiger charge is -2.32. The van der Waals surface area contributed by atoms with Crippen LogP contribution in [0, 0.1) is 5.92 Å². The second-order valence-electron chi connectivity index (χ2n) is 5.67. The van der Waals surface area contributed by atoms with E-state index in [0.717, 1.165) is 19.6 Å². The van der Waals surface area contributed by atoms with Gasteiger partial charge in [0.2, 0.25) is 0 Å². The summed E-state index contributed by atoms with van der Waals surface area (Å²) in [5.74, 6) is -0.160. The molecule has 0 aliphatic rings. The molecule has 0 fully saturated rings. The summed E-state index contributed by atoms with van der Waals surface area (Å²) in [5.41, 5.74) is 0. The van der Waals surface area contributed by atoms with Crippen LogP contribution in [0.5, 0.6) is 0 Å². The predicted octanol–water partition coefficient (Wildman–Crippen LogP) is 0.521. The fourth-order valence-electron chi connectivity index (χ4n) is 2.03. The summed E-state index contributed by atoms with van der Waals surface area (Å²) in [5, 5.41) is 8.68. The molecule has 0 aromatic carbocycles. The first-order valence-electron chi connectivity index (χ1n) is 6.49. The van der Waals surface area contributed by atoms with Crippen LogP contribution in [0.25, 0.3) is 0 Å². The molecule has 0 heterocycles. The van der Waals surface area contributed by atoms with E-state index in [2.05, 4.69) is 44.8 Å². The number of hydrogen-bond donors (Lipinski definition) is 1. The highest BCUT2D eigenvalue weighted by molar-refractivity contribution is 5.68. The van der Waals surface area contributed by atoms with Crippen molar-refractivity contribution in [2.75, 3.05) is 54.4 Å². The average Bonchev–Trinajstić information content (AvgIpc) is 2.21. The fraction of sp³-hybridized carbons (Fsp3) is 0.923. The van der Waals surface area contributed by atoms with Crippen molar-refractivity contribution >= 4 is 5.97 Å².